The first-order chi connectivity index (χ1) is 18.5. The number of anilines is 1. The molecule has 38 heavy (non-hydrogen) atoms. The van der Waals surface area contributed by atoms with Crippen LogP contribution >= 0.6 is 11.3 Å². The Hall–Kier alpha value is -2.64. The summed E-state index contributed by atoms with van der Waals surface area (Å²) in [5, 5.41) is 5.16. The lowest BCUT2D eigenvalue weighted by Gasteiger charge is -2.36. The van der Waals surface area contributed by atoms with Crippen LogP contribution < -0.4 is 10.2 Å². The molecule has 1 aromatic carbocycles. The summed E-state index contributed by atoms with van der Waals surface area (Å²) in [5.41, 5.74) is 7.31. The standard InChI is InChI=1S/C31H39N3O3S/c1-4-37-31(36)28-19(2)20(3)38-30(28)32-27(35)18-33-15-16-34-25-14-13-22(21-9-6-5-7-10-21)17-24(25)23-11-8-12-26(33)29(23)34/h13-14,17,21,26H,4-12,15-16,18H2,1-3H3,(H,32,35)/p+1/t26-/m0/s1. The molecule has 2 atom stereocenters. The maximum Gasteiger partial charge on any atom is 0.341 e. The monoisotopic (exact) mass is 534 g/mol. The van der Waals surface area contributed by atoms with Crippen molar-refractivity contribution >= 4 is 39.1 Å². The molecule has 0 spiro atoms. The minimum absolute atomic E-state index is 0.0249. The summed E-state index contributed by atoms with van der Waals surface area (Å²) in [6.07, 6.45) is 10.2. The van der Waals surface area contributed by atoms with Crippen molar-refractivity contribution in [3.8, 4) is 0 Å². The van der Waals surface area contributed by atoms with Gasteiger partial charge < -0.3 is 19.5 Å². The second-order valence-electron chi connectivity index (χ2n) is 11.4. The normalized spacial score (nSPS) is 21.3. The molecule has 202 valence electrons. The number of carbonyl (C=O) groups is 2. The van der Waals surface area contributed by atoms with Crippen LogP contribution in [0.15, 0.2) is 18.2 Å². The van der Waals surface area contributed by atoms with Gasteiger partial charge in [-0.1, -0.05) is 25.3 Å². The highest BCUT2D eigenvalue weighted by atomic mass is 32.1. The molecule has 3 aliphatic rings. The molecule has 6 nitrogen and oxygen atoms in total. The Bertz CT molecular complexity index is 1380. The zero-order valence-corrected chi connectivity index (χ0v) is 23.8. The van der Waals surface area contributed by atoms with Crippen LogP contribution in [0.5, 0.6) is 0 Å². The van der Waals surface area contributed by atoms with E-state index in [2.05, 4.69) is 28.1 Å². The summed E-state index contributed by atoms with van der Waals surface area (Å²) in [6.45, 7) is 8.32. The van der Waals surface area contributed by atoms with Gasteiger partial charge in [-0.2, -0.15) is 0 Å². The van der Waals surface area contributed by atoms with E-state index in [0.717, 1.165) is 36.4 Å². The van der Waals surface area contributed by atoms with Gasteiger partial charge in [0, 0.05) is 22.2 Å². The molecule has 2 N–H and O–H groups in total. The molecule has 7 heteroatoms. The summed E-state index contributed by atoms with van der Waals surface area (Å²) >= 11 is 1.46. The van der Waals surface area contributed by atoms with E-state index in [1.807, 2.05) is 13.8 Å². The molecule has 3 aromatic rings. The van der Waals surface area contributed by atoms with Gasteiger partial charge in [0.05, 0.1) is 31.0 Å². The molecule has 0 radical (unpaired) electrons. The first-order valence-corrected chi connectivity index (χ1v) is 15.3. The zero-order valence-electron chi connectivity index (χ0n) is 23.0. The van der Waals surface area contributed by atoms with E-state index < -0.39 is 0 Å². The number of nitrogens with one attached hydrogen (secondary N) is 2. The number of aryl methyl sites for hydroxylation is 2. The van der Waals surface area contributed by atoms with Gasteiger partial charge in [-0.3, -0.25) is 4.79 Å². The summed E-state index contributed by atoms with van der Waals surface area (Å²) < 4.78 is 7.83. The number of benzene rings is 1. The van der Waals surface area contributed by atoms with Crippen LogP contribution in [-0.2, 0) is 22.5 Å². The van der Waals surface area contributed by atoms with Crippen molar-refractivity contribution in [1.82, 2.24) is 4.57 Å². The highest BCUT2D eigenvalue weighted by Crippen LogP contribution is 2.40. The number of carbonyl (C=O) groups excluding carboxylic acids is 2. The number of fused-ring (bicyclic) bond motifs is 3. The van der Waals surface area contributed by atoms with Crippen LogP contribution in [0.2, 0.25) is 0 Å². The first-order valence-electron chi connectivity index (χ1n) is 14.5. The molecule has 1 amide bonds. The molecule has 6 rings (SSSR count). The van der Waals surface area contributed by atoms with E-state index in [1.165, 1.54) is 82.5 Å². The van der Waals surface area contributed by atoms with E-state index in [1.54, 1.807) is 6.92 Å². The van der Waals surface area contributed by atoms with Gasteiger partial charge in [0.2, 0.25) is 0 Å². The Labute approximate surface area is 229 Å². The number of rotatable bonds is 6. The van der Waals surface area contributed by atoms with E-state index in [9.17, 15) is 9.59 Å². The SMILES string of the molecule is CCOC(=O)c1c(NC(=O)C[NH+]2CCn3c4c(c5cc(C6CCCCC6)ccc53)CCC[C@@H]42)sc(C)c1C. The largest absolute Gasteiger partial charge is 0.462 e. The van der Waals surface area contributed by atoms with Crippen LogP contribution in [0.3, 0.4) is 0 Å². The van der Waals surface area contributed by atoms with Crippen molar-refractivity contribution in [2.75, 3.05) is 25.0 Å². The summed E-state index contributed by atoms with van der Waals surface area (Å²) in [5.74, 6) is 0.332. The van der Waals surface area contributed by atoms with E-state index >= 15 is 0 Å². The third-order valence-electron chi connectivity index (χ3n) is 9.22. The van der Waals surface area contributed by atoms with Gasteiger partial charge in [0.1, 0.15) is 11.0 Å². The molecular formula is C31H40N3O3S+. The van der Waals surface area contributed by atoms with Gasteiger partial charge in [0.15, 0.2) is 6.54 Å². The Morgan fingerprint density at radius 1 is 1.13 bits per heavy atom. The lowest BCUT2D eigenvalue weighted by Crippen LogP contribution is -3.14. The number of ether oxygens (including phenoxy) is 1. The average Bonchev–Trinajstić information content (AvgIpc) is 3.39. The Kier molecular flexibility index (Phi) is 7.08. The summed E-state index contributed by atoms with van der Waals surface area (Å²) in [7, 11) is 0. The molecule has 0 saturated heterocycles. The maximum absolute atomic E-state index is 13.3. The number of hydrogen-bond acceptors (Lipinski definition) is 4. The predicted octanol–water partition coefficient (Wildman–Crippen LogP) is 5.46. The molecule has 1 unspecified atom stereocenters. The van der Waals surface area contributed by atoms with Crippen molar-refractivity contribution in [1.29, 1.82) is 0 Å². The zero-order chi connectivity index (χ0) is 26.4. The quantitative estimate of drug-likeness (QED) is 0.413. The molecule has 2 aliphatic carbocycles. The van der Waals surface area contributed by atoms with Crippen molar-refractivity contribution in [3.05, 3.63) is 51.0 Å². The van der Waals surface area contributed by atoms with Gasteiger partial charge in [-0.15, -0.1) is 11.3 Å². The fourth-order valence-electron chi connectivity index (χ4n) is 7.25. The first kappa shape index (κ1) is 25.6. The molecule has 2 aromatic heterocycles. The fourth-order valence-corrected chi connectivity index (χ4v) is 8.32. The fraction of sp³-hybridized carbons (Fsp3) is 0.548. The van der Waals surface area contributed by atoms with Crippen LogP contribution in [-0.4, -0.2) is 36.1 Å². The predicted molar refractivity (Wildman–Crippen MR) is 153 cm³/mol. The molecule has 0 bridgehead atoms. The molecular weight excluding hydrogens is 494 g/mol. The third-order valence-corrected chi connectivity index (χ3v) is 10.3. The number of amides is 1. The topological polar surface area (TPSA) is 64.8 Å². The number of esters is 1. The molecule has 1 aliphatic heterocycles. The van der Waals surface area contributed by atoms with Crippen molar-refractivity contribution in [2.24, 2.45) is 0 Å². The second-order valence-corrected chi connectivity index (χ2v) is 12.6. The smallest absolute Gasteiger partial charge is 0.341 e. The summed E-state index contributed by atoms with van der Waals surface area (Å²) in [4.78, 5) is 28.3. The van der Waals surface area contributed by atoms with Crippen molar-refractivity contribution in [3.63, 3.8) is 0 Å². The minimum Gasteiger partial charge on any atom is -0.462 e. The van der Waals surface area contributed by atoms with Gasteiger partial charge in [0.25, 0.3) is 5.91 Å². The van der Waals surface area contributed by atoms with Crippen LogP contribution in [0.1, 0.15) is 101 Å². The molecule has 1 saturated carbocycles. The van der Waals surface area contributed by atoms with E-state index in [-0.39, 0.29) is 11.9 Å². The highest BCUT2D eigenvalue weighted by Gasteiger charge is 2.39. The average molecular weight is 535 g/mol. The Balaban J connectivity index is 1.24. The number of aromatic nitrogens is 1. The van der Waals surface area contributed by atoms with Gasteiger partial charge in [-0.05, 0) is 81.2 Å². The Morgan fingerprint density at radius 3 is 2.74 bits per heavy atom. The van der Waals surface area contributed by atoms with Crippen LogP contribution in [0, 0.1) is 13.8 Å². The van der Waals surface area contributed by atoms with Gasteiger partial charge in [-0.25, -0.2) is 4.79 Å². The highest BCUT2D eigenvalue weighted by molar-refractivity contribution is 7.16. The second kappa shape index (κ2) is 10.5. The maximum atomic E-state index is 13.3. The van der Waals surface area contributed by atoms with Gasteiger partial charge >= 0.3 is 5.97 Å². The third kappa shape index (κ3) is 4.47. The van der Waals surface area contributed by atoms with E-state index in [0.29, 0.717) is 35.7 Å². The summed E-state index contributed by atoms with van der Waals surface area (Å²) in [6, 6.07) is 7.63. The van der Waals surface area contributed by atoms with E-state index in [4.69, 9.17) is 4.74 Å². The lowest BCUT2D eigenvalue weighted by atomic mass is 9.83. The van der Waals surface area contributed by atoms with Crippen molar-refractivity contribution in [2.45, 2.75) is 90.6 Å². The number of nitrogens with zero attached hydrogens (tertiary/aromatic N) is 1. The molecule has 1 fully saturated rings. The lowest BCUT2D eigenvalue weighted by molar-refractivity contribution is -0.929. The number of hydrogen-bond donors (Lipinski definition) is 2. The Morgan fingerprint density at radius 2 is 1.95 bits per heavy atom. The molecule has 3 heterocycles. The van der Waals surface area contributed by atoms with Crippen LogP contribution in [0.25, 0.3) is 10.9 Å². The number of thiophene rings is 1. The van der Waals surface area contributed by atoms with Crippen LogP contribution in [0.4, 0.5) is 5.00 Å². The van der Waals surface area contributed by atoms with Crippen molar-refractivity contribution < 1.29 is 19.2 Å². The minimum atomic E-state index is -0.357. The number of quaternary nitrogens is 1.